The second-order valence-electron chi connectivity index (χ2n) is 7.32. The van der Waals surface area contributed by atoms with Gasteiger partial charge >= 0.3 is 0 Å². The number of piperidine rings is 1. The first-order valence-corrected chi connectivity index (χ1v) is 9.97. The molecule has 1 unspecified atom stereocenters. The minimum Gasteiger partial charge on any atom is -0.312 e. The lowest BCUT2D eigenvalue weighted by Gasteiger charge is -2.37. The third-order valence-electron chi connectivity index (χ3n) is 5.18. The largest absolute Gasteiger partial charge is 0.312 e. The van der Waals surface area contributed by atoms with Crippen LogP contribution in [0.25, 0.3) is 0 Å². The quantitative estimate of drug-likeness (QED) is 0.785. The van der Waals surface area contributed by atoms with Gasteiger partial charge in [-0.1, -0.05) is 19.3 Å². The summed E-state index contributed by atoms with van der Waals surface area (Å²) in [4.78, 5) is 0. The van der Waals surface area contributed by atoms with E-state index in [4.69, 9.17) is 0 Å². The van der Waals surface area contributed by atoms with Gasteiger partial charge in [-0.2, -0.15) is 17.4 Å². The van der Waals surface area contributed by atoms with Crippen LogP contribution in [0.15, 0.2) is 0 Å². The summed E-state index contributed by atoms with van der Waals surface area (Å²) in [6.45, 7) is 3.53. The fourth-order valence-electron chi connectivity index (χ4n) is 3.71. The third kappa shape index (κ3) is 3.97. The lowest BCUT2D eigenvalue weighted by molar-refractivity contribution is 0.237. The Labute approximate surface area is 129 Å². The summed E-state index contributed by atoms with van der Waals surface area (Å²) < 4.78 is 30.3. The maximum atomic E-state index is 12.8. The molecule has 2 aliphatic carbocycles. The van der Waals surface area contributed by atoms with Gasteiger partial charge in [0, 0.05) is 30.7 Å². The van der Waals surface area contributed by atoms with Gasteiger partial charge in [0.05, 0.1) is 0 Å². The molecule has 0 radical (unpaired) electrons. The Bertz CT molecular complexity index is 456. The van der Waals surface area contributed by atoms with Crippen LogP contribution in [-0.4, -0.2) is 43.4 Å². The normalized spacial score (nSPS) is 30.6. The molecule has 1 heterocycles. The van der Waals surface area contributed by atoms with Crippen molar-refractivity contribution < 1.29 is 8.42 Å². The third-order valence-corrected chi connectivity index (χ3v) is 7.03. The van der Waals surface area contributed by atoms with Crippen molar-refractivity contribution in [3.63, 3.8) is 0 Å². The van der Waals surface area contributed by atoms with Gasteiger partial charge in [-0.05, 0) is 45.4 Å². The summed E-state index contributed by atoms with van der Waals surface area (Å²) in [6.07, 6.45) is 9.79. The Hall–Kier alpha value is -0.170. The highest BCUT2D eigenvalue weighted by Gasteiger charge is 2.39. The van der Waals surface area contributed by atoms with Crippen molar-refractivity contribution in [2.24, 2.45) is 0 Å². The van der Waals surface area contributed by atoms with Crippen LogP contribution >= 0.6 is 0 Å². The standard InChI is InChI=1S/C15H29N3O2S/c1-15(9-3-4-10-15)17-21(19,20)18-11-5-2-6-14(18)12-16-13-7-8-13/h13-14,16-17H,2-12H2,1H3. The Balaban J connectivity index is 1.65. The lowest BCUT2D eigenvalue weighted by Crippen LogP contribution is -2.56. The smallest absolute Gasteiger partial charge is 0.280 e. The maximum absolute atomic E-state index is 12.8. The number of hydrogen-bond donors (Lipinski definition) is 2. The molecule has 3 fully saturated rings. The molecule has 2 saturated carbocycles. The van der Waals surface area contributed by atoms with Crippen molar-refractivity contribution in [3.8, 4) is 0 Å². The Morgan fingerprint density at radius 1 is 1.10 bits per heavy atom. The van der Waals surface area contributed by atoms with Gasteiger partial charge < -0.3 is 5.32 Å². The van der Waals surface area contributed by atoms with Gasteiger partial charge in [0.1, 0.15) is 0 Å². The van der Waals surface area contributed by atoms with Crippen molar-refractivity contribution in [2.45, 2.75) is 82.3 Å². The van der Waals surface area contributed by atoms with E-state index in [1.165, 1.54) is 12.8 Å². The lowest BCUT2D eigenvalue weighted by atomic mass is 10.0. The van der Waals surface area contributed by atoms with Crippen LogP contribution in [0, 0.1) is 0 Å². The van der Waals surface area contributed by atoms with Gasteiger partial charge in [0.15, 0.2) is 0 Å². The first-order chi connectivity index (χ1) is 9.99. The van der Waals surface area contributed by atoms with Crippen LogP contribution in [0.1, 0.15) is 64.7 Å². The minimum absolute atomic E-state index is 0.127. The van der Waals surface area contributed by atoms with E-state index in [0.717, 1.165) is 51.5 Å². The topological polar surface area (TPSA) is 61.4 Å². The van der Waals surface area contributed by atoms with Crippen LogP contribution in [0.2, 0.25) is 0 Å². The van der Waals surface area contributed by atoms with Crippen molar-refractivity contribution >= 4 is 10.2 Å². The summed E-state index contributed by atoms with van der Waals surface area (Å²) in [7, 11) is -3.36. The molecule has 3 rings (SSSR count). The van der Waals surface area contributed by atoms with Gasteiger partial charge in [-0.3, -0.25) is 0 Å². The monoisotopic (exact) mass is 315 g/mol. The molecule has 0 aromatic carbocycles. The van der Waals surface area contributed by atoms with E-state index in [-0.39, 0.29) is 11.6 Å². The van der Waals surface area contributed by atoms with Gasteiger partial charge in [-0.25, -0.2) is 0 Å². The summed E-state index contributed by atoms with van der Waals surface area (Å²) in [5, 5.41) is 3.50. The second kappa shape index (κ2) is 6.14. The SMILES string of the molecule is CC1(NS(=O)(=O)N2CCCCC2CNC2CC2)CCCC1. The average Bonchev–Trinajstić information content (AvgIpc) is 3.18. The van der Waals surface area contributed by atoms with Crippen molar-refractivity contribution in [1.82, 2.24) is 14.3 Å². The molecule has 0 amide bonds. The molecule has 5 nitrogen and oxygen atoms in total. The molecule has 0 aromatic heterocycles. The summed E-state index contributed by atoms with van der Waals surface area (Å²) in [5.74, 6) is 0. The first-order valence-electron chi connectivity index (χ1n) is 8.53. The average molecular weight is 315 g/mol. The van der Waals surface area contributed by atoms with Crippen LogP contribution < -0.4 is 10.0 Å². The molecule has 1 atom stereocenters. The molecule has 3 aliphatic rings. The molecule has 1 saturated heterocycles. The van der Waals surface area contributed by atoms with E-state index >= 15 is 0 Å². The highest BCUT2D eigenvalue weighted by molar-refractivity contribution is 7.87. The van der Waals surface area contributed by atoms with Crippen LogP contribution in [0.4, 0.5) is 0 Å². The first kappa shape index (κ1) is 15.7. The molecule has 122 valence electrons. The van der Waals surface area contributed by atoms with E-state index in [0.29, 0.717) is 12.6 Å². The molecule has 0 spiro atoms. The van der Waals surface area contributed by atoms with Gasteiger partial charge in [0.2, 0.25) is 0 Å². The summed E-state index contributed by atoms with van der Waals surface area (Å²) >= 11 is 0. The molecule has 0 bridgehead atoms. The molecular weight excluding hydrogens is 286 g/mol. The Morgan fingerprint density at radius 2 is 1.81 bits per heavy atom. The second-order valence-corrected chi connectivity index (χ2v) is 8.94. The van der Waals surface area contributed by atoms with Crippen molar-refractivity contribution in [3.05, 3.63) is 0 Å². The number of hydrogen-bond acceptors (Lipinski definition) is 3. The van der Waals surface area contributed by atoms with E-state index in [9.17, 15) is 8.42 Å². The zero-order chi connectivity index (χ0) is 14.9. The minimum atomic E-state index is -3.36. The molecule has 2 N–H and O–H groups in total. The molecule has 6 heteroatoms. The molecule has 1 aliphatic heterocycles. The predicted octanol–water partition coefficient (Wildman–Crippen LogP) is 1.76. The number of nitrogens with one attached hydrogen (secondary N) is 2. The predicted molar refractivity (Wildman–Crippen MR) is 84.3 cm³/mol. The van der Waals surface area contributed by atoms with Crippen LogP contribution in [0.5, 0.6) is 0 Å². The number of nitrogens with zero attached hydrogens (tertiary/aromatic N) is 1. The van der Waals surface area contributed by atoms with Crippen molar-refractivity contribution in [2.75, 3.05) is 13.1 Å². The zero-order valence-electron chi connectivity index (χ0n) is 13.1. The van der Waals surface area contributed by atoms with Crippen molar-refractivity contribution in [1.29, 1.82) is 0 Å². The van der Waals surface area contributed by atoms with Crippen LogP contribution in [-0.2, 0) is 10.2 Å². The highest BCUT2D eigenvalue weighted by atomic mass is 32.2. The summed E-state index contributed by atoms with van der Waals surface area (Å²) in [6, 6.07) is 0.763. The molecule has 0 aromatic rings. The fraction of sp³-hybridized carbons (Fsp3) is 1.00. The Kier molecular flexibility index (Phi) is 4.60. The number of rotatable bonds is 6. The van der Waals surface area contributed by atoms with Crippen LogP contribution in [0.3, 0.4) is 0 Å². The van der Waals surface area contributed by atoms with Gasteiger partial charge in [0.25, 0.3) is 10.2 Å². The van der Waals surface area contributed by atoms with E-state index in [1.807, 2.05) is 0 Å². The highest BCUT2D eigenvalue weighted by Crippen LogP contribution is 2.31. The van der Waals surface area contributed by atoms with Gasteiger partial charge in [-0.15, -0.1) is 0 Å². The maximum Gasteiger partial charge on any atom is 0.280 e. The fourth-order valence-corrected chi connectivity index (χ4v) is 5.60. The molecule has 21 heavy (non-hydrogen) atoms. The molecular formula is C15H29N3O2S. The van der Waals surface area contributed by atoms with E-state index in [1.54, 1.807) is 4.31 Å². The Morgan fingerprint density at radius 3 is 2.48 bits per heavy atom. The van der Waals surface area contributed by atoms with E-state index < -0.39 is 10.2 Å². The summed E-state index contributed by atoms with van der Waals surface area (Å²) in [5.41, 5.74) is -0.231. The van der Waals surface area contributed by atoms with E-state index in [2.05, 4.69) is 17.0 Å². The zero-order valence-corrected chi connectivity index (χ0v) is 13.9.